The minimum absolute atomic E-state index is 0.191. The van der Waals surface area contributed by atoms with Crippen molar-refractivity contribution in [3.63, 3.8) is 0 Å². The van der Waals surface area contributed by atoms with Crippen LogP contribution in [0.25, 0.3) is 11.0 Å². The Hall–Kier alpha value is -3.23. The molecule has 4 aromatic rings. The third-order valence-corrected chi connectivity index (χ3v) is 5.04. The highest BCUT2D eigenvalue weighted by atomic mass is 35.5. The molecule has 0 atom stereocenters. The Morgan fingerprint density at radius 2 is 2.03 bits per heavy atom. The molecule has 2 aromatic carbocycles. The lowest BCUT2D eigenvalue weighted by Gasteiger charge is -2.10. The molecule has 0 aliphatic carbocycles. The Bertz CT molecular complexity index is 1300. The molecule has 0 saturated carbocycles. The minimum Gasteiger partial charge on any atom is -0.423 e. The SMILES string of the molecule is Cc1cc(=O)oc2cc(NC(=S)Nc3cnn(Cc4c(F)cccc4Cl)c3)ccc12. The molecule has 0 fully saturated rings. The fourth-order valence-corrected chi connectivity index (χ4v) is 3.51. The Kier molecular flexibility index (Phi) is 5.52. The van der Waals surface area contributed by atoms with Gasteiger partial charge in [0.05, 0.1) is 18.4 Å². The van der Waals surface area contributed by atoms with Gasteiger partial charge in [0.1, 0.15) is 11.4 Å². The van der Waals surface area contributed by atoms with E-state index in [4.69, 9.17) is 28.2 Å². The van der Waals surface area contributed by atoms with Gasteiger partial charge in [-0.05, 0) is 49.0 Å². The quantitative estimate of drug-likeness (QED) is 0.344. The van der Waals surface area contributed by atoms with Crippen LogP contribution in [0.2, 0.25) is 5.02 Å². The predicted octanol–water partition coefficient (Wildman–Crippen LogP) is 4.95. The van der Waals surface area contributed by atoms with Crippen LogP contribution in [0, 0.1) is 12.7 Å². The van der Waals surface area contributed by atoms with Crippen molar-refractivity contribution >= 4 is 51.3 Å². The molecule has 2 aromatic heterocycles. The maximum Gasteiger partial charge on any atom is 0.336 e. The molecule has 0 radical (unpaired) electrons. The molecule has 0 aliphatic heterocycles. The number of hydrogen-bond donors (Lipinski definition) is 2. The molecule has 152 valence electrons. The molecule has 4 rings (SSSR count). The van der Waals surface area contributed by atoms with Gasteiger partial charge >= 0.3 is 5.63 Å². The molecular formula is C21H16ClFN4O2S. The summed E-state index contributed by atoms with van der Waals surface area (Å²) in [6.07, 6.45) is 3.27. The Labute approximate surface area is 181 Å². The molecular weight excluding hydrogens is 427 g/mol. The zero-order chi connectivity index (χ0) is 21.3. The van der Waals surface area contributed by atoms with Crippen molar-refractivity contribution in [2.24, 2.45) is 0 Å². The summed E-state index contributed by atoms with van der Waals surface area (Å²) in [5.41, 5.74) is 2.57. The van der Waals surface area contributed by atoms with Crippen LogP contribution in [0.4, 0.5) is 15.8 Å². The van der Waals surface area contributed by atoms with Crippen LogP contribution in [0.15, 0.2) is 64.1 Å². The largest absolute Gasteiger partial charge is 0.423 e. The molecule has 2 N–H and O–H groups in total. The Morgan fingerprint density at radius 3 is 2.83 bits per heavy atom. The van der Waals surface area contributed by atoms with Gasteiger partial charge in [-0.15, -0.1) is 0 Å². The second-order valence-electron chi connectivity index (χ2n) is 6.67. The van der Waals surface area contributed by atoms with Gasteiger partial charge in [-0.2, -0.15) is 5.10 Å². The van der Waals surface area contributed by atoms with E-state index in [1.54, 1.807) is 35.3 Å². The Morgan fingerprint density at radius 1 is 1.23 bits per heavy atom. The number of nitrogens with zero attached hydrogens (tertiary/aromatic N) is 2. The van der Waals surface area contributed by atoms with E-state index in [1.807, 2.05) is 19.1 Å². The van der Waals surface area contributed by atoms with Gasteiger partial charge in [0.2, 0.25) is 0 Å². The van der Waals surface area contributed by atoms with Crippen LogP contribution in [0.3, 0.4) is 0 Å². The van der Waals surface area contributed by atoms with Crippen molar-refractivity contribution in [2.45, 2.75) is 13.5 Å². The monoisotopic (exact) mass is 442 g/mol. The summed E-state index contributed by atoms with van der Waals surface area (Å²) in [5.74, 6) is -0.386. The summed E-state index contributed by atoms with van der Waals surface area (Å²) < 4.78 is 20.8. The average Bonchev–Trinajstić information content (AvgIpc) is 3.11. The molecule has 0 spiro atoms. The number of rotatable bonds is 4. The number of anilines is 2. The van der Waals surface area contributed by atoms with E-state index >= 15 is 0 Å². The van der Waals surface area contributed by atoms with Gasteiger partial charge < -0.3 is 15.1 Å². The fraction of sp³-hybridized carbons (Fsp3) is 0.0952. The first-order valence-corrected chi connectivity index (χ1v) is 9.75. The van der Waals surface area contributed by atoms with Crippen molar-refractivity contribution in [3.05, 3.63) is 87.2 Å². The number of thiocarbonyl (C=S) groups is 1. The number of nitrogens with one attached hydrogen (secondary N) is 2. The van der Waals surface area contributed by atoms with Crippen molar-refractivity contribution in [1.29, 1.82) is 0 Å². The molecule has 0 bridgehead atoms. The van der Waals surface area contributed by atoms with E-state index in [9.17, 15) is 9.18 Å². The van der Waals surface area contributed by atoms with Gasteiger partial charge in [-0.3, -0.25) is 4.68 Å². The standard InChI is InChI=1S/C21H16ClFN4O2S/c1-12-7-20(28)29-19-8-13(5-6-15(12)19)25-21(30)26-14-9-24-27(10-14)11-16-17(22)3-2-4-18(16)23/h2-10H,11H2,1H3,(H2,25,26,30). The smallest absolute Gasteiger partial charge is 0.336 e. The lowest BCUT2D eigenvalue weighted by atomic mass is 10.1. The van der Waals surface area contributed by atoms with Crippen LogP contribution in [0.1, 0.15) is 11.1 Å². The average molecular weight is 443 g/mol. The van der Waals surface area contributed by atoms with E-state index in [-0.39, 0.29) is 12.4 Å². The molecule has 30 heavy (non-hydrogen) atoms. The highest BCUT2D eigenvalue weighted by molar-refractivity contribution is 7.80. The number of benzene rings is 2. The van der Waals surface area contributed by atoms with Crippen molar-refractivity contribution < 1.29 is 8.81 Å². The summed E-state index contributed by atoms with van der Waals surface area (Å²) in [4.78, 5) is 11.6. The molecule has 0 unspecified atom stereocenters. The van der Waals surface area contributed by atoms with Crippen LogP contribution >= 0.6 is 23.8 Å². The van der Waals surface area contributed by atoms with Gasteiger partial charge in [-0.1, -0.05) is 17.7 Å². The molecule has 0 amide bonds. The summed E-state index contributed by atoms with van der Waals surface area (Å²) in [5, 5.41) is 11.8. The summed E-state index contributed by atoms with van der Waals surface area (Å²) in [6.45, 7) is 2.04. The van der Waals surface area contributed by atoms with Crippen LogP contribution in [0.5, 0.6) is 0 Å². The van der Waals surface area contributed by atoms with E-state index in [2.05, 4.69) is 15.7 Å². The number of fused-ring (bicyclic) bond motifs is 1. The van der Waals surface area contributed by atoms with Crippen molar-refractivity contribution in [1.82, 2.24) is 9.78 Å². The first-order valence-electron chi connectivity index (χ1n) is 8.97. The number of hydrogen-bond acceptors (Lipinski definition) is 4. The highest BCUT2D eigenvalue weighted by Gasteiger charge is 2.10. The maximum atomic E-state index is 14.0. The van der Waals surface area contributed by atoms with Gasteiger partial charge in [0.15, 0.2) is 5.11 Å². The summed E-state index contributed by atoms with van der Waals surface area (Å²) in [6, 6.07) is 11.4. The van der Waals surface area contributed by atoms with E-state index in [1.165, 1.54) is 12.1 Å². The minimum atomic E-state index is -0.403. The third kappa shape index (κ3) is 4.34. The molecule has 6 nitrogen and oxygen atoms in total. The van der Waals surface area contributed by atoms with Crippen LogP contribution in [-0.4, -0.2) is 14.9 Å². The second kappa shape index (κ2) is 8.25. The molecule has 2 heterocycles. The number of halogens is 2. The normalized spacial score (nSPS) is 10.9. The van der Waals surface area contributed by atoms with Crippen molar-refractivity contribution in [3.8, 4) is 0 Å². The van der Waals surface area contributed by atoms with E-state index < -0.39 is 5.63 Å². The van der Waals surface area contributed by atoms with E-state index in [0.29, 0.717) is 32.7 Å². The summed E-state index contributed by atoms with van der Waals surface area (Å²) in [7, 11) is 0. The predicted molar refractivity (Wildman–Crippen MR) is 120 cm³/mol. The lowest BCUT2D eigenvalue weighted by Crippen LogP contribution is -2.18. The van der Waals surface area contributed by atoms with Gasteiger partial charge in [0.25, 0.3) is 0 Å². The van der Waals surface area contributed by atoms with Crippen molar-refractivity contribution in [2.75, 3.05) is 10.6 Å². The van der Waals surface area contributed by atoms with Crippen LogP contribution < -0.4 is 16.3 Å². The molecule has 0 saturated heterocycles. The van der Waals surface area contributed by atoms with Gasteiger partial charge in [0, 0.05) is 40.0 Å². The molecule has 0 aliphatic rings. The number of aromatic nitrogens is 2. The van der Waals surface area contributed by atoms with Gasteiger partial charge in [-0.25, -0.2) is 9.18 Å². The van der Waals surface area contributed by atoms with Crippen LogP contribution in [-0.2, 0) is 6.54 Å². The van der Waals surface area contributed by atoms with E-state index in [0.717, 1.165) is 10.9 Å². The molecule has 9 heteroatoms. The number of aryl methyl sites for hydroxylation is 1. The maximum absolute atomic E-state index is 14.0. The zero-order valence-corrected chi connectivity index (χ0v) is 17.4. The lowest BCUT2D eigenvalue weighted by molar-refractivity contribution is 0.560. The second-order valence-corrected chi connectivity index (χ2v) is 7.48. The topological polar surface area (TPSA) is 72.1 Å². The Balaban J connectivity index is 1.45. The fourth-order valence-electron chi connectivity index (χ4n) is 3.06. The highest BCUT2D eigenvalue weighted by Crippen LogP contribution is 2.22. The first kappa shape index (κ1) is 20.1. The third-order valence-electron chi connectivity index (χ3n) is 4.48. The zero-order valence-electron chi connectivity index (χ0n) is 15.8. The first-order chi connectivity index (χ1) is 14.4. The summed E-state index contributed by atoms with van der Waals surface area (Å²) >= 11 is 11.4.